The first-order valence-electron chi connectivity index (χ1n) is 7.85. The van der Waals surface area contributed by atoms with Gasteiger partial charge in [0.15, 0.2) is 5.82 Å². The van der Waals surface area contributed by atoms with E-state index >= 15 is 0 Å². The fourth-order valence-corrected chi connectivity index (χ4v) is 2.57. The van der Waals surface area contributed by atoms with Crippen LogP contribution in [-0.4, -0.2) is 24.5 Å². The van der Waals surface area contributed by atoms with Crippen LogP contribution in [0, 0.1) is 5.82 Å². The molecule has 0 N–H and O–H groups in total. The summed E-state index contributed by atoms with van der Waals surface area (Å²) >= 11 is 0. The summed E-state index contributed by atoms with van der Waals surface area (Å²) in [6.45, 7) is -0.0782. The number of hydrogen-bond donors (Lipinski definition) is 0. The van der Waals surface area contributed by atoms with Gasteiger partial charge in [0.05, 0.1) is 12.4 Å². The zero-order chi connectivity index (χ0) is 18.1. The topological polar surface area (TPSA) is 74.8 Å². The van der Waals surface area contributed by atoms with Crippen molar-refractivity contribution in [2.45, 2.75) is 6.61 Å². The van der Waals surface area contributed by atoms with Gasteiger partial charge in [-0.2, -0.15) is 10.2 Å². The molecule has 0 aliphatic rings. The van der Waals surface area contributed by atoms with E-state index in [2.05, 4.69) is 15.2 Å². The lowest BCUT2D eigenvalue weighted by Gasteiger charge is -2.08. The summed E-state index contributed by atoms with van der Waals surface area (Å²) in [4.78, 5) is 16.0. The van der Waals surface area contributed by atoms with E-state index in [4.69, 9.17) is 4.74 Å². The Hall–Kier alpha value is -3.55. The van der Waals surface area contributed by atoms with E-state index in [0.29, 0.717) is 11.1 Å². The van der Waals surface area contributed by atoms with E-state index in [9.17, 15) is 9.18 Å². The molecule has 0 fully saturated rings. The predicted molar refractivity (Wildman–Crippen MR) is 92.6 cm³/mol. The smallest absolute Gasteiger partial charge is 0.206 e. The van der Waals surface area contributed by atoms with Gasteiger partial charge in [-0.15, -0.1) is 0 Å². The molecule has 7 nitrogen and oxygen atoms in total. The number of nitrogens with zero attached hydrogens (tertiary/aromatic N) is 5. The fourth-order valence-electron chi connectivity index (χ4n) is 2.57. The third-order valence-corrected chi connectivity index (χ3v) is 3.84. The van der Waals surface area contributed by atoms with Gasteiger partial charge in [-0.05, 0) is 12.1 Å². The Balaban J connectivity index is 1.61. The Morgan fingerprint density at radius 2 is 2.15 bits per heavy atom. The molecule has 0 saturated carbocycles. The summed E-state index contributed by atoms with van der Waals surface area (Å²) < 4.78 is 22.9. The third kappa shape index (κ3) is 3.04. The van der Waals surface area contributed by atoms with Crippen LogP contribution >= 0.6 is 0 Å². The highest BCUT2D eigenvalue weighted by molar-refractivity contribution is 5.80. The largest absolute Gasteiger partial charge is 0.487 e. The second kappa shape index (κ2) is 6.40. The number of aryl methyl sites for hydroxylation is 1. The minimum atomic E-state index is -0.480. The van der Waals surface area contributed by atoms with E-state index in [1.807, 2.05) is 0 Å². The van der Waals surface area contributed by atoms with Crippen molar-refractivity contribution < 1.29 is 9.13 Å². The van der Waals surface area contributed by atoms with Gasteiger partial charge in [0, 0.05) is 37.0 Å². The predicted octanol–water partition coefficient (Wildman–Crippen LogP) is 2.23. The molecular formula is C18H14FN5O2. The van der Waals surface area contributed by atoms with Gasteiger partial charge in [-0.1, -0.05) is 6.07 Å². The fraction of sp³-hybridized carbons (Fsp3) is 0.111. The van der Waals surface area contributed by atoms with Crippen LogP contribution in [0.1, 0.15) is 5.69 Å². The SMILES string of the molecule is Cn1cc(-n2ccc(=O)c(COc3cc(F)c4ncccc4c3)n2)cn1. The summed E-state index contributed by atoms with van der Waals surface area (Å²) in [5.74, 6) is -0.173. The molecule has 0 unspecified atom stereocenters. The van der Waals surface area contributed by atoms with Gasteiger partial charge in [0.1, 0.15) is 29.3 Å². The molecule has 1 aromatic carbocycles. The molecule has 0 aliphatic heterocycles. The number of fused-ring (bicyclic) bond motifs is 1. The molecule has 26 heavy (non-hydrogen) atoms. The molecule has 0 atom stereocenters. The van der Waals surface area contributed by atoms with Crippen molar-refractivity contribution in [2.75, 3.05) is 0 Å². The van der Waals surface area contributed by atoms with Crippen LogP contribution in [0.5, 0.6) is 5.75 Å². The number of rotatable bonds is 4. The number of benzene rings is 1. The van der Waals surface area contributed by atoms with E-state index in [1.54, 1.807) is 48.5 Å². The van der Waals surface area contributed by atoms with Gasteiger partial charge >= 0.3 is 0 Å². The standard InChI is InChI=1S/C18H14FN5O2/c1-23-10-13(9-21-23)24-6-4-17(25)16(22-24)11-26-14-7-12-3-2-5-20-18(12)15(19)8-14/h2-10H,11H2,1H3. The highest BCUT2D eigenvalue weighted by Crippen LogP contribution is 2.23. The summed E-state index contributed by atoms with van der Waals surface area (Å²) in [5, 5.41) is 8.97. The first-order valence-corrected chi connectivity index (χ1v) is 7.85. The lowest BCUT2D eigenvalue weighted by Crippen LogP contribution is -2.17. The molecule has 0 radical (unpaired) electrons. The molecule has 0 spiro atoms. The summed E-state index contributed by atoms with van der Waals surface area (Å²) in [6, 6.07) is 7.79. The number of aromatic nitrogens is 5. The van der Waals surface area contributed by atoms with Crippen molar-refractivity contribution in [1.29, 1.82) is 0 Å². The van der Waals surface area contributed by atoms with Gasteiger partial charge in [0.25, 0.3) is 0 Å². The Kier molecular flexibility index (Phi) is 3.92. The summed E-state index contributed by atoms with van der Waals surface area (Å²) in [5.41, 5.74) is 0.948. The Labute approximate surface area is 147 Å². The van der Waals surface area contributed by atoms with Crippen molar-refractivity contribution in [3.63, 3.8) is 0 Å². The molecule has 4 aromatic rings. The summed E-state index contributed by atoms with van der Waals surface area (Å²) in [6.07, 6.45) is 6.49. The van der Waals surface area contributed by atoms with E-state index in [0.717, 1.165) is 5.69 Å². The maximum absolute atomic E-state index is 14.1. The number of pyridine rings is 1. The Morgan fingerprint density at radius 3 is 2.96 bits per heavy atom. The molecule has 0 bridgehead atoms. The maximum atomic E-state index is 14.1. The van der Waals surface area contributed by atoms with Crippen LogP contribution in [0.15, 0.2) is 59.9 Å². The van der Waals surface area contributed by atoms with Gasteiger partial charge in [-0.25, -0.2) is 9.07 Å². The van der Waals surface area contributed by atoms with Gasteiger partial charge in [-0.3, -0.25) is 14.5 Å². The lowest BCUT2D eigenvalue weighted by atomic mass is 10.2. The van der Waals surface area contributed by atoms with Crippen molar-refractivity contribution >= 4 is 10.9 Å². The molecule has 3 aromatic heterocycles. The maximum Gasteiger partial charge on any atom is 0.206 e. The highest BCUT2D eigenvalue weighted by atomic mass is 19.1. The van der Waals surface area contributed by atoms with Crippen LogP contribution < -0.4 is 10.2 Å². The molecule has 0 saturated heterocycles. The van der Waals surface area contributed by atoms with Crippen LogP contribution in [0.3, 0.4) is 0 Å². The number of halogens is 1. The molecule has 130 valence electrons. The normalized spacial score (nSPS) is 11.0. The highest BCUT2D eigenvalue weighted by Gasteiger charge is 2.09. The van der Waals surface area contributed by atoms with Crippen LogP contribution in [0.2, 0.25) is 0 Å². The first kappa shape index (κ1) is 15.9. The zero-order valence-corrected chi connectivity index (χ0v) is 13.8. The minimum absolute atomic E-state index is 0.0782. The van der Waals surface area contributed by atoms with E-state index in [-0.39, 0.29) is 23.2 Å². The van der Waals surface area contributed by atoms with Crippen LogP contribution in [0.25, 0.3) is 16.6 Å². The second-order valence-corrected chi connectivity index (χ2v) is 5.71. The first-order chi connectivity index (χ1) is 12.6. The monoisotopic (exact) mass is 351 g/mol. The molecule has 0 aliphatic carbocycles. The van der Waals surface area contributed by atoms with Gasteiger partial charge in [0.2, 0.25) is 5.43 Å². The summed E-state index contributed by atoms with van der Waals surface area (Å²) in [7, 11) is 1.79. The molecular weight excluding hydrogens is 337 g/mol. The second-order valence-electron chi connectivity index (χ2n) is 5.71. The molecule has 0 amide bonds. The Bertz CT molecular complexity index is 1150. The zero-order valence-electron chi connectivity index (χ0n) is 13.8. The van der Waals surface area contributed by atoms with Crippen molar-refractivity contribution in [3.05, 3.63) is 76.9 Å². The molecule has 8 heteroatoms. The average Bonchev–Trinajstić information content (AvgIpc) is 3.07. The number of hydrogen-bond acceptors (Lipinski definition) is 5. The molecule has 3 heterocycles. The van der Waals surface area contributed by atoms with Crippen molar-refractivity contribution in [3.8, 4) is 11.4 Å². The third-order valence-electron chi connectivity index (χ3n) is 3.84. The number of ether oxygens (including phenoxy) is 1. The van der Waals surface area contributed by atoms with Crippen molar-refractivity contribution in [1.82, 2.24) is 24.5 Å². The Morgan fingerprint density at radius 1 is 1.27 bits per heavy atom. The minimum Gasteiger partial charge on any atom is -0.487 e. The van der Waals surface area contributed by atoms with Crippen LogP contribution in [-0.2, 0) is 13.7 Å². The molecule has 4 rings (SSSR count). The average molecular weight is 351 g/mol. The van der Waals surface area contributed by atoms with E-state index in [1.165, 1.54) is 23.0 Å². The quantitative estimate of drug-likeness (QED) is 0.564. The van der Waals surface area contributed by atoms with Crippen LogP contribution in [0.4, 0.5) is 4.39 Å². The lowest BCUT2D eigenvalue weighted by molar-refractivity contribution is 0.296. The van der Waals surface area contributed by atoms with Crippen molar-refractivity contribution in [2.24, 2.45) is 7.05 Å². The van der Waals surface area contributed by atoms with Gasteiger partial charge < -0.3 is 4.74 Å². The van der Waals surface area contributed by atoms with E-state index < -0.39 is 5.82 Å².